The first-order chi connectivity index (χ1) is 8.58. The van der Waals surface area contributed by atoms with E-state index in [0.717, 1.165) is 6.42 Å². The molecular weight excluding hydrogens is 228 g/mol. The molecule has 0 unspecified atom stereocenters. The average molecular weight is 252 g/mol. The summed E-state index contributed by atoms with van der Waals surface area (Å²) in [7, 11) is 0. The Bertz CT molecular complexity index is 346. The molecule has 1 fully saturated rings. The maximum absolute atomic E-state index is 12.0. The van der Waals surface area contributed by atoms with Crippen molar-refractivity contribution >= 4 is 5.91 Å². The van der Waals surface area contributed by atoms with Gasteiger partial charge in [-0.05, 0) is 25.5 Å². The van der Waals surface area contributed by atoms with Gasteiger partial charge in [0.15, 0.2) is 0 Å². The smallest absolute Gasteiger partial charge is 0.253 e. The predicted molar refractivity (Wildman–Crippen MR) is 75.2 cm³/mol. The molecule has 0 spiro atoms. The Morgan fingerprint density at radius 2 is 2.11 bits per heavy atom. The number of allylic oxidation sites excluding steroid dienone is 2. The largest absolute Gasteiger partial charge is 0.508 e. The van der Waals surface area contributed by atoms with E-state index in [1.54, 1.807) is 17.9 Å². The Morgan fingerprint density at radius 1 is 1.50 bits per heavy atom. The molecule has 0 aliphatic carbocycles. The van der Waals surface area contributed by atoms with Crippen LogP contribution < -0.4 is 5.73 Å². The topological polar surface area (TPSA) is 66.6 Å². The zero-order valence-electron chi connectivity index (χ0n) is 11.5. The van der Waals surface area contributed by atoms with Gasteiger partial charge < -0.3 is 15.7 Å². The fraction of sp³-hybridized carbons (Fsp3) is 0.500. The van der Waals surface area contributed by atoms with Gasteiger partial charge in [-0.15, -0.1) is 0 Å². The van der Waals surface area contributed by atoms with Crippen molar-refractivity contribution in [2.45, 2.75) is 33.2 Å². The van der Waals surface area contributed by atoms with Crippen molar-refractivity contribution in [1.82, 2.24) is 4.90 Å². The third-order valence-electron chi connectivity index (χ3n) is 2.58. The van der Waals surface area contributed by atoms with Crippen LogP contribution in [0.1, 0.15) is 27.2 Å². The van der Waals surface area contributed by atoms with Crippen LogP contribution in [0.5, 0.6) is 0 Å². The number of nitrogens with zero attached hydrogens (tertiary/aromatic N) is 1. The molecule has 1 aliphatic heterocycles. The molecule has 3 N–H and O–H groups in total. The van der Waals surface area contributed by atoms with E-state index in [2.05, 4.69) is 6.58 Å². The van der Waals surface area contributed by atoms with Gasteiger partial charge in [0.25, 0.3) is 5.91 Å². The van der Waals surface area contributed by atoms with Crippen molar-refractivity contribution in [3.8, 4) is 0 Å². The molecule has 18 heavy (non-hydrogen) atoms. The van der Waals surface area contributed by atoms with Gasteiger partial charge in [0.1, 0.15) is 5.76 Å². The molecule has 1 heterocycles. The summed E-state index contributed by atoms with van der Waals surface area (Å²) >= 11 is 0. The molecule has 4 nitrogen and oxygen atoms in total. The maximum Gasteiger partial charge on any atom is 0.253 e. The van der Waals surface area contributed by atoms with E-state index in [1.807, 2.05) is 13.8 Å². The molecule has 0 saturated carbocycles. The molecule has 1 rings (SSSR count). The molecule has 0 aromatic rings. The van der Waals surface area contributed by atoms with Gasteiger partial charge in [-0.1, -0.05) is 26.5 Å². The van der Waals surface area contributed by atoms with Crippen LogP contribution in [0.15, 0.2) is 36.1 Å². The zero-order valence-corrected chi connectivity index (χ0v) is 11.5. The minimum Gasteiger partial charge on any atom is -0.508 e. The van der Waals surface area contributed by atoms with Crippen molar-refractivity contribution < 1.29 is 9.90 Å². The monoisotopic (exact) mass is 252 g/mol. The van der Waals surface area contributed by atoms with Crippen molar-refractivity contribution in [1.29, 1.82) is 0 Å². The Labute approximate surface area is 109 Å². The molecule has 0 bridgehead atoms. The van der Waals surface area contributed by atoms with E-state index in [4.69, 9.17) is 5.73 Å². The van der Waals surface area contributed by atoms with Gasteiger partial charge in [0, 0.05) is 24.7 Å². The highest BCUT2D eigenvalue weighted by atomic mass is 16.3. The lowest BCUT2D eigenvalue weighted by atomic mass is 10.2. The summed E-state index contributed by atoms with van der Waals surface area (Å²) in [4.78, 5) is 13.7. The van der Waals surface area contributed by atoms with E-state index < -0.39 is 0 Å². The fourth-order valence-corrected chi connectivity index (χ4v) is 1.64. The van der Waals surface area contributed by atoms with Crippen molar-refractivity contribution in [2.75, 3.05) is 13.1 Å². The SMILES string of the molecule is C=C/C(O)=C\C(=C/C)C(=O)N1CC[C@H](N)C1.CC. The van der Waals surface area contributed by atoms with Crippen molar-refractivity contribution in [2.24, 2.45) is 5.73 Å². The Hall–Kier alpha value is -1.55. The van der Waals surface area contributed by atoms with Crippen molar-refractivity contribution in [3.63, 3.8) is 0 Å². The Morgan fingerprint density at radius 3 is 2.50 bits per heavy atom. The lowest BCUT2D eigenvalue weighted by molar-refractivity contribution is -0.125. The number of carbonyl (C=O) groups excluding carboxylic acids is 1. The second-order valence-electron chi connectivity index (χ2n) is 3.82. The molecule has 1 atom stereocenters. The summed E-state index contributed by atoms with van der Waals surface area (Å²) in [5.41, 5.74) is 6.20. The number of aliphatic hydroxyl groups excluding tert-OH is 1. The standard InChI is InChI=1S/C12H18N2O2.C2H6/c1-3-9(7-11(15)4-2)12(16)14-6-5-10(13)8-14;1-2/h3-4,7,10,15H,2,5-6,8,13H2,1H3;1-2H3/b9-3+,11-7+;/t10-;/m0./s1. The first-order valence-corrected chi connectivity index (χ1v) is 6.32. The second-order valence-corrected chi connectivity index (χ2v) is 3.82. The van der Waals surface area contributed by atoms with Crippen LogP contribution in [0, 0.1) is 0 Å². The summed E-state index contributed by atoms with van der Waals surface area (Å²) in [6.07, 6.45) is 5.22. The average Bonchev–Trinajstić information content (AvgIpc) is 2.83. The van der Waals surface area contributed by atoms with E-state index in [9.17, 15) is 9.90 Å². The van der Waals surface area contributed by atoms with Gasteiger partial charge in [-0.3, -0.25) is 4.79 Å². The third kappa shape index (κ3) is 4.75. The van der Waals surface area contributed by atoms with E-state index in [-0.39, 0.29) is 17.7 Å². The first-order valence-electron chi connectivity index (χ1n) is 6.32. The Balaban J connectivity index is 0.00000137. The predicted octanol–water partition coefficient (Wildman–Crippen LogP) is 2.15. The number of nitrogens with two attached hydrogens (primary N) is 1. The second kappa shape index (κ2) is 8.53. The highest BCUT2D eigenvalue weighted by Gasteiger charge is 2.24. The number of carbonyl (C=O) groups is 1. The first kappa shape index (κ1) is 16.4. The molecule has 0 radical (unpaired) electrons. The molecule has 1 aliphatic rings. The Kier molecular flexibility index (Phi) is 7.79. The molecule has 4 heteroatoms. The maximum atomic E-state index is 12.0. The molecule has 0 aromatic carbocycles. The van der Waals surface area contributed by atoms with E-state index in [0.29, 0.717) is 18.7 Å². The molecule has 102 valence electrons. The number of likely N-dealkylation sites (tertiary alicyclic amines) is 1. The lowest BCUT2D eigenvalue weighted by Gasteiger charge is -2.16. The minimum atomic E-state index is -0.0937. The van der Waals surface area contributed by atoms with Crippen LogP contribution in [-0.2, 0) is 4.79 Å². The van der Waals surface area contributed by atoms with Crippen LogP contribution in [-0.4, -0.2) is 35.0 Å². The van der Waals surface area contributed by atoms with Crippen LogP contribution in [0.25, 0.3) is 0 Å². The third-order valence-corrected chi connectivity index (χ3v) is 2.58. The van der Waals surface area contributed by atoms with Crippen LogP contribution in [0.3, 0.4) is 0 Å². The molecular formula is C14H24N2O2. The number of hydrogen-bond acceptors (Lipinski definition) is 3. The van der Waals surface area contributed by atoms with Gasteiger partial charge in [0.2, 0.25) is 0 Å². The quantitative estimate of drug-likeness (QED) is 0.459. The summed E-state index contributed by atoms with van der Waals surface area (Å²) in [6, 6.07) is 0.0686. The zero-order chi connectivity index (χ0) is 14.1. The van der Waals surface area contributed by atoms with Gasteiger partial charge in [-0.25, -0.2) is 0 Å². The summed E-state index contributed by atoms with van der Waals surface area (Å²) in [6.45, 7) is 10.4. The van der Waals surface area contributed by atoms with Gasteiger partial charge >= 0.3 is 0 Å². The summed E-state index contributed by atoms with van der Waals surface area (Å²) in [5.74, 6) is -0.103. The van der Waals surface area contributed by atoms with E-state index >= 15 is 0 Å². The van der Waals surface area contributed by atoms with Crippen LogP contribution in [0.2, 0.25) is 0 Å². The lowest BCUT2D eigenvalue weighted by Crippen LogP contribution is -2.32. The van der Waals surface area contributed by atoms with Crippen LogP contribution >= 0.6 is 0 Å². The highest BCUT2D eigenvalue weighted by Crippen LogP contribution is 2.13. The number of hydrogen-bond donors (Lipinski definition) is 2. The molecule has 1 saturated heterocycles. The van der Waals surface area contributed by atoms with Gasteiger partial charge in [-0.2, -0.15) is 0 Å². The number of amides is 1. The highest BCUT2D eigenvalue weighted by molar-refractivity contribution is 5.96. The number of rotatable bonds is 3. The molecule has 0 aromatic heterocycles. The van der Waals surface area contributed by atoms with Crippen LogP contribution in [0.4, 0.5) is 0 Å². The fourth-order valence-electron chi connectivity index (χ4n) is 1.64. The van der Waals surface area contributed by atoms with Crippen molar-refractivity contribution in [3.05, 3.63) is 36.1 Å². The normalized spacial score (nSPS) is 20.2. The summed E-state index contributed by atoms with van der Waals surface area (Å²) in [5, 5.41) is 9.31. The minimum absolute atomic E-state index is 0.00931. The molecule has 1 amide bonds. The number of aliphatic hydroxyl groups is 1. The summed E-state index contributed by atoms with van der Waals surface area (Å²) < 4.78 is 0. The van der Waals surface area contributed by atoms with Gasteiger partial charge in [0.05, 0.1) is 0 Å². The van der Waals surface area contributed by atoms with E-state index in [1.165, 1.54) is 12.2 Å².